The second-order valence-corrected chi connectivity index (χ2v) is 7.64. The first-order valence-corrected chi connectivity index (χ1v) is 9.94. The fraction of sp³-hybridized carbons (Fsp3) is 0.381. The van der Waals surface area contributed by atoms with E-state index in [0.29, 0.717) is 17.0 Å². The van der Waals surface area contributed by atoms with Crippen molar-refractivity contribution in [2.24, 2.45) is 0 Å². The third-order valence-corrected chi connectivity index (χ3v) is 5.05. The molecule has 3 aromatic rings. The lowest BCUT2D eigenvalue weighted by Crippen LogP contribution is -2.35. The van der Waals surface area contributed by atoms with Gasteiger partial charge in [-0.25, -0.2) is 14.6 Å². The van der Waals surface area contributed by atoms with Crippen molar-refractivity contribution in [2.45, 2.75) is 38.8 Å². The van der Waals surface area contributed by atoms with Crippen LogP contribution in [-0.2, 0) is 0 Å². The number of hydrogen-bond acceptors (Lipinski definition) is 7. The number of piperidine rings is 1. The second-order valence-electron chi connectivity index (χ2n) is 7.64. The van der Waals surface area contributed by atoms with E-state index < -0.39 is 0 Å². The minimum atomic E-state index is -0.218. The Morgan fingerprint density at radius 3 is 2.66 bits per heavy atom. The molecular weight excluding hydrogens is 368 g/mol. The summed E-state index contributed by atoms with van der Waals surface area (Å²) in [4.78, 5) is 24.0. The number of rotatable bonds is 5. The Bertz CT molecular complexity index is 1060. The molecule has 0 aliphatic carbocycles. The molecule has 3 aromatic heterocycles. The summed E-state index contributed by atoms with van der Waals surface area (Å²) in [6, 6.07) is 7.74. The van der Waals surface area contributed by atoms with Gasteiger partial charge in [-0.3, -0.25) is 10.2 Å². The van der Waals surface area contributed by atoms with Crippen molar-refractivity contribution >= 4 is 28.1 Å². The maximum atomic E-state index is 13.1. The summed E-state index contributed by atoms with van der Waals surface area (Å²) in [5.74, 6) is 1.16. The van der Waals surface area contributed by atoms with Gasteiger partial charge in [0.2, 0.25) is 0 Å². The molecule has 0 saturated carbocycles. The Balaban J connectivity index is 1.64. The summed E-state index contributed by atoms with van der Waals surface area (Å²) in [5.41, 5.74) is 3.93. The molecule has 1 saturated heterocycles. The van der Waals surface area contributed by atoms with Crippen LogP contribution in [0.25, 0.3) is 10.8 Å². The molecule has 0 atom stereocenters. The highest BCUT2D eigenvalue weighted by molar-refractivity contribution is 5.91. The molecule has 1 aliphatic heterocycles. The molecule has 1 aliphatic rings. The lowest BCUT2D eigenvalue weighted by Gasteiger charge is -2.31. The van der Waals surface area contributed by atoms with E-state index >= 15 is 0 Å². The summed E-state index contributed by atoms with van der Waals surface area (Å²) >= 11 is 0. The fourth-order valence-corrected chi connectivity index (χ4v) is 3.58. The Morgan fingerprint density at radius 1 is 1.14 bits per heavy atom. The zero-order valence-corrected chi connectivity index (χ0v) is 16.7. The summed E-state index contributed by atoms with van der Waals surface area (Å²) in [6.45, 7) is 5.62. The number of nitrogens with zero attached hydrogens (tertiary/aromatic N) is 4. The maximum absolute atomic E-state index is 13.1. The topological polar surface area (TPSA) is 95.3 Å². The molecule has 0 radical (unpaired) electrons. The average Bonchev–Trinajstić information content (AvgIpc) is 2.70. The van der Waals surface area contributed by atoms with Crippen LogP contribution in [-0.4, -0.2) is 45.0 Å². The molecular formula is C21H26N6O2. The third-order valence-electron chi connectivity index (χ3n) is 5.05. The molecule has 0 spiro atoms. The number of nitrogens with one attached hydrogen (secondary N) is 2. The zero-order chi connectivity index (χ0) is 20.4. The molecule has 3 N–H and O–H groups in total. The third kappa shape index (κ3) is 4.17. The molecule has 0 unspecified atom stereocenters. The van der Waals surface area contributed by atoms with Crippen LogP contribution in [0.5, 0.6) is 0 Å². The quantitative estimate of drug-likeness (QED) is 0.612. The first kappa shape index (κ1) is 19.2. The van der Waals surface area contributed by atoms with Gasteiger partial charge in [0, 0.05) is 49.5 Å². The largest absolute Gasteiger partial charge is 0.393 e. The van der Waals surface area contributed by atoms with Crippen LogP contribution >= 0.6 is 0 Å². The zero-order valence-electron chi connectivity index (χ0n) is 16.7. The van der Waals surface area contributed by atoms with E-state index in [1.807, 2.05) is 38.1 Å². The molecule has 0 aromatic carbocycles. The van der Waals surface area contributed by atoms with E-state index in [2.05, 4.69) is 25.6 Å². The summed E-state index contributed by atoms with van der Waals surface area (Å²) in [5, 5.41) is 14.3. The molecule has 4 heterocycles. The van der Waals surface area contributed by atoms with Gasteiger partial charge in [0.15, 0.2) is 0 Å². The first-order chi connectivity index (χ1) is 14.0. The second kappa shape index (κ2) is 8.08. The minimum absolute atomic E-state index is 0.163. The van der Waals surface area contributed by atoms with Gasteiger partial charge in [0.25, 0.3) is 5.56 Å². The van der Waals surface area contributed by atoms with Crippen molar-refractivity contribution < 1.29 is 5.11 Å². The monoisotopic (exact) mass is 394 g/mol. The Hall–Kier alpha value is -3.13. The smallest absolute Gasteiger partial charge is 0.280 e. The van der Waals surface area contributed by atoms with Crippen molar-refractivity contribution in [1.29, 1.82) is 0 Å². The van der Waals surface area contributed by atoms with Gasteiger partial charge < -0.3 is 15.3 Å². The van der Waals surface area contributed by atoms with Crippen molar-refractivity contribution in [3.8, 4) is 0 Å². The summed E-state index contributed by atoms with van der Waals surface area (Å²) < 4.78 is 1.43. The van der Waals surface area contributed by atoms with E-state index in [0.717, 1.165) is 37.0 Å². The van der Waals surface area contributed by atoms with Gasteiger partial charge >= 0.3 is 0 Å². The van der Waals surface area contributed by atoms with Gasteiger partial charge in [-0.1, -0.05) is 0 Å². The fourth-order valence-electron chi connectivity index (χ4n) is 3.58. The predicted octanol–water partition coefficient (Wildman–Crippen LogP) is 2.45. The van der Waals surface area contributed by atoms with Crippen molar-refractivity contribution in [1.82, 2.24) is 14.6 Å². The van der Waals surface area contributed by atoms with E-state index in [4.69, 9.17) is 0 Å². The highest BCUT2D eigenvalue weighted by atomic mass is 16.3. The molecule has 8 nitrogen and oxygen atoms in total. The Labute approximate surface area is 169 Å². The van der Waals surface area contributed by atoms with E-state index in [1.165, 1.54) is 4.68 Å². The van der Waals surface area contributed by atoms with Gasteiger partial charge in [-0.15, -0.1) is 0 Å². The number of fused-ring (bicyclic) bond motifs is 1. The van der Waals surface area contributed by atoms with Gasteiger partial charge in [-0.2, -0.15) is 0 Å². The van der Waals surface area contributed by atoms with Gasteiger partial charge in [-0.05, 0) is 50.3 Å². The van der Waals surface area contributed by atoms with Crippen LogP contribution in [0.1, 0.15) is 26.7 Å². The SMILES string of the molecule is CC(C)Nc1nccc2ccn(Nc3cc(N4CCC(O)CC4)ccn3)c(=O)c12. The number of aromatic nitrogens is 3. The van der Waals surface area contributed by atoms with Crippen LogP contribution in [0.3, 0.4) is 0 Å². The standard InChI is InChI=1S/C21H26N6O2/c1-14(2)24-20-19-15(3-8-23-20)5-12-27(21(19)29)25-18-13-16(4-9-22-18)26-10-6-17(28)7-11-26/h3-5,8-9,12-14,17,28H,6-7,10-11H2,1-2H3,(H,22,25)(H,23,24). The van der Waals surface area contributed by atoms with Crippen LogP contribution in [0.15, 0.2) is 47.7 Å². The average molecular weight is 394 g/mol. The van der Waals surface area contributed by atoms with E-state index in [1.54, 1.807) is 18.6 Å². The molecule has 4 rings (SSSR count). The molecule has 152 valence electrons. The van der Waals surface area contributed by atoms with E-state index in [-0.39, 0.29) is 17.7 Å². The molecule has 0 amide bonds. The summed E-state index contributed by atoms with van der Waals surface area (Å²) in [6.07, 6.45) is 6.42. The Kier molecular flexibility index (Phi) is 5.35. The molecule has 0 bridgehead atoms. The normalized spacial score (nSPS) is 15.1. The van der Waals surface area contributed by atoms with Crippen LogP contribution in [0.2, 0.25) is 0 Å². The molecule has 1 fully saturated rings. The number of aliphatic hydroxyl groups is 1. The maximum Gasteiger partial charge on any atom is 0.280 e. The predicted molar refractivity (Wildman–Crippen MR) is 115 cm³/mol. The van der Waals surface area contributed by atoms with Gasteiger partial charge in [0.05, 0.1) is 11.5 Å². The van der Waals surface area contributed by atoms with Gasteiger partial charge in [0.1, 0.15) is 11.6 Å². The lowest BCUT2D eigenvalue weighted by molar-refractivity contribution is 0.145. The number of aliphatic hydroxyl groups excluding tert-OH is 1. The highest BCUT2D eigenvalue weighted by Gasteiger charge is 2.18. The minimum Gasteiger partial charge on any atom is -0.393 e. The van der Waals surface area contributed by atoms with Crippen molar-refractivity contribution in [3.05, 3.63) is 53.2 Å². The van der Waals surface area contributed by atoms with E-state index in [9.17, 15) is 9.90 Å². The van der Waals surface area contributed by atoms with Crippen molar-refractivity contribution in [3.63, 3.8) is 0 Å². The number of pyridine rings is 3. The Morgan fingerprint density at radius 2 is 1.90 bits per heavy atom. The number of hydrogen-bond donors (Lipinski definition) is 3. The number of anilines is 3. The highest BCUT2D eigenvalue weighted by Crippen LogP contribution is 2.22. The first-order valence-electron chi connectivity index (χ1n) is 9.94. The molecule has 29 heavy (non-hydrogen) atoms. The summed E-state index contributed by atoms with van der Waals surface area (Å²) in [7, 11) is 0. The molecule has 8 heteroatoms. The lowest BCUT2D eigenvalue weighted by atomic mass is 10.1. The van der Waals surface area contributed by atoms with Crippen LogP contribution in [0.4, 0.5) is 17.3 Å². The van der Waals surface area contributed by atoms with Crippen LogP contribution in [0, 0.1) is 0 Å². The van der Waals surface area contributed by atoms with Crippen molar-refractivity contribution in [2.75, 3.05) is 28.7 Å². The van der Waals surface area contributed by atoms with Crippen LogP contribution < -0.4 is 21.2 Å².